The first-order valence-electron chi connectivity index (χ1n) is 11.5. The lowest BCUT2D eigenvalue weighted by molar-refractivity contribution is 0.0908. The van der Waals surface area contributed by atoms with Crippen LogP contribution in [0.4, 0.5) is 0 Å². The van der Waals surface area contributed by atoms with Crippen molar-refractivity contribution in [3.8, 4) is 16.9 Å². The number of carbonyl (C=O) groups is 2. The zero-order valence-electron chi connectivity index (χ0n) is 18.8. The molecule has 0 bridgehead atoms. The molecule has 1 N–H and O–H groups in total. The molecule has 0 saturated carbocycles. The van der Waals surface area contributed by atoms with Gasteiger partial charge >= 0.3 is 0 Å². The second kappa shape index (κ2) is 10.3. The van der Waals surface area contributed by atoms with Gasteiger partial charge in [0.1, 0.15) is 5.75 Å². The van der Waals surface area contributed by atoms with Gasteiger partial charge in [-0.1, -0.05) is 73.7 Å². The number of carbonyl (C=O) groups excluding carboxylic acids is 2. The maximum atomic E-state index is 13.3. The highest BCUT2D eigenvalue weighted by Crippen LogP contribution is 2.31. The van der Waals surface area contributed by atoms with Gasteiger partial charge in [-0.3, -0.25) is 9.59 Å². The standard InChI is InChI=1S/C30H28O3/c1-2-22(11-6-10-21-8-4-3-5-9-21)30(33)26-13-7-12-23(19-26)24-14-16-27-25(18-24)15-17-29(32)28(27)20-31/h3-5,7-9,12-20,22,32H,2,6,10-11H2,1H3. The SMILES string of the molecule is CCC(CCCc1ccccc1)C(=O)c1cccc(-c2ccc3c(C=O)c(O)ccc3c2)c1. The molecule has 0 aromatic heterocycles. The molecule has 4 rings (SSSR count). The maximum absolute atomic E-state index is 13.3. The van der Waals surface area contributed by atoms with E-state index in [9.17, 15) is 14.7 Å². The smallest absolute Gasteiger partial charge is 0.165 e. The molecule has 0 aliphatic heterocycles. The van der Waals surface area contributed by atoms with Crippen LogP contribution in [0.3, 0.4) is 0 Å². The van der Waals surface area contributed by atoms with Gasteiger partial charge < -0.3 is 5.11 Å². The van der Waals surface area contributed by atoms with Gasteiger partial charge in [0.05, 0.1) is 5.56 Å². The number of aryl methyl sites for hydroxylation is 1. The highest BCUT2D eigenvalue weighted by atomic mass is 16.3. The van der Waals surface area contributed by atoms with Gasteiger partial charge in [-0.2, -0.15) is 0 Å². The molecular weight excluding hydrogens is 408 g/mol. The number of fused-ring (bicyclic) bond motifs is 1. The van der Waals surface area contributed by atoms with Crippen molar-refractivity contribution >= 4 is 22.8 Å². The summed E-state index contributed by atoms with van der Waals surface area (Å²) in [6.07, 6.45) is 4.36. The average molecular weight is 437 g/mol. The number of rotatable bonds is 9. The molecule has 0 amide bonds. The van der Waals surface area contributed by atoms with Gasteiger partial charge in [0.25, 0.3) is 0 Å². The average Bonchev–Trinajstić information content (AvgIpc) is 2.86. The lowest BCUT2D eigenvalue weighted by Gasteiger charge is -2.15. The molecule has 1 unspecified atom stereocenters. The molecule has 33 heavy (non-hydrogen) atoms. The van der Waals surface area contributed by atoms with Crippen LogP contribution in [0, 0.1) is 5.92 Å². The summed E-state index contributed by atoms with van der Waals surface area (Å²) in [5.74, 6) is 0.191. The fraction of sp³-hybridized carbons (Fsp3) is 0.200. The molecular formula is C30H28O3. The van der Waals surface area contributed by atoms with E-state index in [4.69, 9.17) is 0 Å². The van der Waals surface area contributed by atoms with Crippen LogP contribution in [0.5, 0.6) is 5.75 Å². The zero-order chi connectivity index (χ0) is 23.2. The first-order chi connectivity index (χ1) is 16.1. The number of aromatic hydroxyl groups is 1. The number of aldehydes is 1. The van der Waals surface area contributed by atoms with Crippen molar-refractivity contribution in [3.63, 3.8) is 0 Å². The lowest BCUT2D eigenvalue weighted by Crippen LogP contribution is -2.14. The molecule has 3 heteroatoms. The molecule has 4 aromatic carbocycles. The third-order valence-electron chi connectivity index (χ3n) is 6.36. The Balaban J connectivity index is 1.53. The van der Waals surface area contributed by atoms with Crippen LogP contribution in [0.2, 0.25) is 0 Å². The Morgan fingerprint density at radius 2 is 1.70 bits per heavy atom. The van der Waals surface area contributed by atoms with Crippen LogP contribution in [0.25, 0.3) is 21.9 Å². The fourth-order valence-corrected chi connectivity index (χ4v) is 4.45. The van der Waals surface area contributed by atoms with Crippen LogP contribution in [-0.2, 0) is 6.42 Å². The minimum atomic E-state index is -0.0179. The Kier molecular flexibility index (Phi) is 6.99. The van der Waals surface area contributed by atoms with E-state index in [0.29, 0.717) is 17.2 Å². The zero-order valence-corrected chi connectivity index (χ0v) is 18.8. The monoisotopic (exact) mass is 436 g/mol. The molecule has 3 nitrogen and oxygen atoms in total. The molecule has 0 aliphatic carbocycles. The lowest BCUT2D eigenvalue weighted by atomic mass is 9.88. The summed E-state index contributed by atoms with van der Waals surface area (Å²) in [5.41, 5.74) is 4.27. The van der Waals surface area contributed by atoms with Crippen molar-refractivity contribution in [2.24, 2.45) is 5.92 Å². The van der Waals surface area contributed by atoms with Gasteiger partial charge in [-0.15, -0.1) is 0 Å². The van der Waals surface area contributed by atoms with Crippen molar-refractivity contribution in [1.82, 2.24) is 0 Å². The van der Waals surface area contributed by atoms with Crippen molar-refractivity contribution < 1.29 is 14.7 Å². The number of hydrogen-bond donors (Lipinski definition) is 1. The van der Waals surface area contributed by atoms with Gasteiger partial charge in [0, 0.05) is 11.5 Å². The summed E-state index contributed by atoms with van der Waals surface area (Å²) in [4.78, 5) is 24.6. The van der Waals surface area contributed by atoms with E-state index in [1.807, 2.05) is 48.5 Å². The van der Waals surface area contributed by atoms with Crippen molar-refractivity contribution in [3.05, 3.63) is 102 Å². The molecule has 0 fully saturated rings. The van der Waals surface area contributed by atoms with Crippen LogP contribution in [-0.4, -0.2) is 17.2 Å². The summed E-state index contributed by atoms with van der Waals surface area (Å²) >= 11 is 0. The summed E-state index contributed by atoms with van der Waals surface area (Å²) < 4.78 is 0. The minimum absolute atomic E-state index is 0.0127. The summed E-state index contributed by atoms with van der Waals surface area (Å²) in [7, 11) is 0. The van der Waals surface area contributed by atoms with Crippen LogP contribution < -0.4 is 0 Å². The Hall–Kier alpha value is -3.72. The van der Waals surface area contributed by atoms with E-state index in [2.05, 4.69) is 31.2 Å². The number of hydrogen-bond acceptors (Lipinski definition) is 3. The first-order valence-corrected chi connectivity index (χ1v) is 11.5. The third kappa shape index (κ3) is 5.04. The molecule has 1 atom stereocenters. The second-order valence-electron chi connectivity index (χ2n) is 8.48. The third-order valence-corrected chi connectivity index (χ3v) is 6.36. The van der Waals surface area contributed by atoms with Gasteiger partial charge in [-0.25, -0.2) is 0 Å². The second-order valence-corrected chi connectivity index (χ2v) is 8.48. The molecule has 0 heterocycles. The van der Waals surface area contributed by atoms with E-state index in [0.717, 1.165) is 47.8 Å². The number of benzene rings is 4. The van der Waals surface area contributed by atoms with Crippen molar-refractivity contribution in [2.75, 3.05) is 0 Å². The predicted octanol–water partition coefficient (Wildman–Crippen LogP) is 7.26. The topological polar surface area (TPSA) is 54.4 Å². The number of phenolic OH excluding ortho intramolecular Hbond substituents is 1. The largest absolute Gasteiger partial charge is 0.507 e. The van der Waals surface area contributed by atoms with Gasteiger partial charge in [-0.05, 0) is 71.3 Å². The highest BCUT2D eigenvalue weighted by molar-refractivity contribution is 6.02. The number of phenols is 1. The fourth-order valence-electron chi connectivity index (χ4n) is 4.45. The number of Topliss-reactive ketones (excluding diaryl/α,β-unsaturated/α-hetero) is 1. The predicted molar refractivity (Wildman–Crippen MR) is 134 cm³/mol. The van der Waals surface area contributed by atoms with E-state index in [-0.39, 0.29) is 17.5 Å². The molecule has 4 aromatic rings. The quantitative estimate of drug-likeness (QED) is 0.222. The Bertz CT molecular complexity index is 1270. The Morgan fingerprint density at radius 3 is 2.45 bits per heavy atom. The van der Waals surface area contributed by atoms with Crippen LogP contribution >= 0.6 is 0 Å². The Labute approximate surface area is 194 Å². The van der Waals surface area contributed by atoms with Crippen molar-refractivity contribution in [2.45, 2.75) is 32.6 Å². The molecule has 0 radical (unpaired) electrons. The summed E-state index contributed by atoms with van der Waals surface area (Å²) in [5, 5.41) is 11.5. The van der Waals surface area contributed by atoms with Crippen LogP contribution in [0.15, 0.2) is 84.9 Å². The van der Waals surface area contributed by atoms with Crippen LogP contribution in [0.1, 0.15) is 52.5 Å². The van der Waals surface area contributed by atoms with Gasteiger partial charge in [0.15, 0.2) is 12.1 Å². The van der Waals surface area contributed by atoms with E-state index in [1.54, 1.807) is 6.07 Å². The summed E-state index contributed by atoms with van der Waals surface area (Å²) in [6.45, 7) is 2.08. The van der Waals surface area contributed by atoms with E-state index >= 15 is 0 Å². The normalized spacial score (nSPS) is 11.9. The highest BCUT2D eigenvalue weighted by Gasteiger charge is 2.18. The summed E-state index contributed by atoms with van der Waals surface area (Å²) in [6, 6.07) is 27.3. The molecule has 0 saturated heterocycles. The van der Waals surface area contributed by atoms with Crippen molar-refractivity contribution in [1.29, 1.82) is 0 Å². The van der Waals surface area contributed by atoms with Gasteiger partial charge in [0.2, 0.25) is 0 Å². The first kappa shape index (κ1) is 22.5. The minimum Gasteiger partial charge on any atom is -0.507 e. The van der Waals surface area contributed by atoms with E-state index in [1.165, 1.54) is 11.6 Å². The molecule has 0 aliphatic rings. The number of ketones is 1. The maximum Gasteiger partial charge on any atom is 0.165 e. The molecule has 166 valence electrons. The Morgan fingerprint density at radius 1 is 0.909 bits per heavy atom. The molecule has 0 spiro atoms. The van der Waals surface area contributed by atoms with E-state index < -0.39 is 0 Å².